The van der Waals surface area contributed by atoms with Gasteiger partial charge in [-0.2, -0.15) is 0 Å². The lowest BCUT2D eigenvalue weighted by Gasteiger charge is -2.18. The van der Waals surface area contributed by atoms with Gasteiger partial charge in [0.05, 0.1) is 18.6 Å². The monoisotopic (exact) mass is 334 g/mol. The van der Waals surface area contributed by atoms with Crippen molar-refractivity contribution in [2.75, 3.05) is 19.7 Å². The molecular formula is C18H26N2O4. The van der Waals surface area contributed by atoms with Crippen LogP contribution in [0.25, 0.3) is 0 Å². The van der Waals surface area contributed by atoms with Gasteiger partial charge in [-0.05, 0) is 31.7 Å². The molecule has 0 aromatic heterocycles. The van der Waals surface area contributed by atoms with Crippen LogP contribution in [0.15, 0.2) is 30.3 Å². The van der Waals surface area contributed by atoms with Crippen molar-refractivity contribution in [1.29, 1.82) is 0 Å². The fraction of sp³-hybridized carbons (Fsp3) is 0.556. The number of benzene rings is 1. The molecule has 0 radical (unpaired) electrons. The fourth-order valence-electron chi connectivity index (χ4n) is 2.81. The summed E-state index contributed by atoms with van der Waals surface area (Å²) in [4.78, 5) is 24.4. The van der Waals surface area contributed by atoms with Gasteiger partial charge in [0.25, 0.3) is 0 Å². The summed E-state index contributed by atoms with van der Waals surface area (Å²) in [5, 5.41) is 2.82. The first-order valence-corrected chi connectivity index (χ1v) is 8.47. The molecule has 0 aliphatic carbocycles. The molecule has 1 heterocycles. The average Bonchev–Trinajstić information content (AvgIpc) is 3.08. The third-order valence-corrected chi connectivity index (χ3v) is 4.13. The third-order valence-electron chi connectivity index (χ3n) is 4.13. The first-order chi connectivity index (χ1) is 11.6. The number of nitrogens with one attached hydrogen (secondary N) is 1. The van der Waals surface area contributed by atoms with E-state index in [9.17, 15) is 9.59 Å². The van der Waals surface area contributed by atoms with Gasteiger partial charge >= 0.3 is 5.97 Å². The number of nitrogens with two attached hydrogens (primary N) is 1. The van der Waals surface area contributed by atoms with E-state index in [0.29, 0.717) is 26.0 Å². The van der Waals surface area contributed by atoms with Gasteiger partial charge in [0.2, 0.25) is 5.91 Å². The molecule has 1 amide bonds. The van der Waals surface area contributed by atoms with Gasteiger partial charge < -0.3 is 20.5 Å². The van der Waals surface area contributed by atoms with Crippen molar-refractivity contribution in [1.82, 2.24) is 5.32 Å². The summed E-state index contributed by atoms with van der Waals surface area (Å²) in [7, 11) is 0. The van der Waals surface area contributed by atoms with Crippen LogP contribution in [0.1, 0.15) is 25.3 Å². The Labute approximate surface area is 142 Å². The van der Waals surface area contributed by atoms with Crippen LogP contribution in [-0.2, 0) is 25.5 Å². The van der Waals surface area contributed by atoms with Crippen LogP contribution in [0.4, 0.5) is 0 Å². The molecule has 0 saturated carbocycles. The molecule has 3 N–H and O–H groups in total. The average molecular weight is 334 g/mol. The minimum Gasteiger partial charge on any atom is -0.466 e. The van der Waals surface area contributed by atoms with Crippen LogP contribution in [0.2, 0.25) is 0 Å². The van der Waals surface area contributed by atoms with Crippen LogP contribution in [0.3, 0.4) is 0 Å². The number of ether oxygens (including phenoxy) is 2. The minimum absolute atomic E-state index is 0.0501. The Balaban J connectivity index is 1.90. The zero-order valence-electron chi connectivity index (χ0n) is 14.1. The highest BCUT2D eigenvalue weighted by molar-refractivity contribution is 5.82. The molecule has 1 fully saturated rings. The molecule has 2 rings (SSSR count). The number of hydrogen-bond acceptors (Lipinski definition) is 5. The van der Waals surface area contributed by atoms with Crippen LogP contribution in [0, 0.1) is 5.92 Å². The second-order valence-electron chi connectivity index (χ2n) is 5.94. The van der Waals surface area contributed by atoms with Crippen molar-refractivity contribution in [3.8, 4) is 0 Å². The summed E-state index contributed by atoms with van der Waals surface area (Å²) in [5.74, 6) is -0.898. The summed E-state index contributed by atoms with van der Waals surface area (Å²) in [5.41, 5.74) is 6.59. The molecule has 0 spiro atoms. The van der Waals surface area contributed by atoms with Gasteiger partial charge in [0.1, 0.15) is 6.10 Å². The van der Waals surface area contributed by atoms with E-state index in [1.54, 1.807) is 6.92 Å². The lowest BCUT2D eigenvalue weighted by Crippen LogP contribution is -2.40. The maximum atomic E-state index is 12.2. The second-order valence-corrected chi connectivity index (χ2v) is 5.94. The smallest absolute Gasteiger partial charge is 0.311 e. The lowest BCUT2D eigenvalue weighted by molar-refractivity contribution is -0.148. The van der Waals surface area contributed by atoms with E-state index < -0.39 is 12.0 Å². The van der Waals surface area contributed by atoms with Gasteiger partial charge in [0, 0.05) is 13.1 Å². The number of esters is 1. The Hall–Kier alpha value is -1.92. The van der Waals surface area contributed by atoms with Crippen molar-refractivity contribution >= 4 is 11.9 Å². The number of hydrogen-bond donors (Lipinski definition) is 2. The number of rotatable bonds is 8. The molecule has 1 saturated heterocycles. The molecule has 6 nitrogen and oxygen atoms in total. The zero-order chi connectivity index (χ0) is 17.4. The minimum atomic E-state index is -0.474. The van der Waals surface area contributed by atoms with Crippen LogP contribution in [0.5, 0.6) is 0 Å². The van der Waals surface area contributed by atoms with Crippen LogP contribution < -0.4 is 11.1 Å². The highest BCUT2D eigenvalue weighted by Gasteiger charge is 2.30. The second kappa shape index (κ2) is 9.39. The molecule has 0 bridgehead atoms. The summed E-state index contributed by atoms with van der Waals surface area (Å²) in [6, 6.07) is 9.70. The van der Waals surface area contributed by atoms with E-state index in [1.807, 2.05) is 30.3 Å². The van der Waals surface area contributed by atoms with Crippen molar-refractivity contribution < 1.29 is 19.1 Å². The molecular weight excluding hydrogens is 308 g/mol. The summed E-state index contributed by atoms with van der Waals surface area (Å²) in [6.45, 7) is 2.75. The largest absolute Gasteiger partial charge is 0.466 e. The standard InChI is InChI=1S/C18H26N2O4/c1-2-23-18(22)14(10-13-6-4-3-5-7-13)12-20-17(21)16-9-8-15(11-19)24-16/h3-7,14-16H,2,8-12,19H2,1H3,(H,20,21)/t14?,15-,16+/m1/s1. The third kappa shape index (κ3) is 5.32. The quantitative estimate of drug-likeness (QED) is 0.693. The van der Waals surface area contributed by atoms with E-state index in [-0.39, 0.29) is 24.5 Å². The summed E-state index contributed by atoms with van der Waals surface area (Å²) in [6.07, 6.45) is 1.46. The highest BCUT2D eigenvalue weighted by Crippen LogP contribution is 2.19. The van der Waals surface area contributed by atoms with E-state index in [0.717, 1.165) is 12.0 Å². The van der Waals surface area contributed by atoms with Crippen molar-refractivity contribution in [3.63, 3.8) is 0 Å². The predicted molar refractivity (Wildman–Crippen MR) is 90.2 cm³/mol. The zero-order valence-corrected chi connectivity index (χ0v) is 14.1. The maximum Gasteiger partial charge on any atom is 0.311 e. The van der Waals surface area contributed by atoms with Gasteiger partial charge in [-0.25, -0.2) is 0 Å². The SMILES string of the molecule is CCOC(=O)C(CNC(=O)[C@@H]1CC[C@H](CN)O1)Cc1ccccc1. The summed E-state index contributed by atoms with van der Waals surface area (Å²) >= 11 is 0. The fourth-order valence-corrected chi connectivity index (χ4v) is 2.81. The predicted octanol–water partition coefficient (Wildman–Crippen LogP) is 1.03. The van der Waals surface area contributed by atoms with Crippen LogP contribution in [-0.4, -0.2) is 43.8 Å². The maximum absolute atomic E-state index is 12.2. The first kappa shape index (κ1) is 18.4. The van der Waals surface area contributed by atoms with Crippen molar-refractivity contribution in [2.24, 2.45) is 11.7 Å². The molecule has 1 aliphatic heterocycles. The Morgan fingerprint density at radius 2 is 2.08 bits per heavy atom. The van der Waals surface area contributed by atoms with E-state index in [1.165, 1.54) is 0 Å². The van der Waals surface area contributed by atoms with Gasteiger partial charge in [-0.3, -0.25) is 9.59 Å². The number of carbonyl (C=O) groups excluding carboxylic acids is 2. The van der Waals surface area contributed by atoms with E-state index in [4.69, 9.17) is 15.2 Å². The molecule has 1 aromatic rings. The lowest BCUT2D eigenvalue weighted by atomic mass is 9.99. The Kier molecular flexibility index (Phi) is 7.21. The normalized spacial score (nSPS) is 21.2. The molecule has 1 aromatic carbocycles. The van der Waals surface area contributed by atoms with Gasteiger partial charge in [-0.1, -0.05) is 30.3 Å². The molecule has 1 unspecified atom stereocenters. The summed E-state index contributed by atoms with van der Waals surface area (Å²) < 4.78 is 10.7. The number of carbonyl (C=O) groups is 2. The Morgan fingerprint density at radius 1 is 1.33 bits per heavy atom. The Bertz CT molecular complexity index is 535. The first-order valence-electron chi connectivity index (χ1n) is 8.47. The highest BCUT2D eigenvalue weighted by atomic mass is 16.5. The van der Waals surface area contributed by atoms with E-state index >= 15 is 0 Å². The van der Waals surface area contributed by atoms with E-state index in [2.05, 4.69) is 5.32 Å². The molecule has 24 heavy (non-hydrogen) atoms. The number of amides is 1. The van der Waals surface area contributed by atoms with Crippen LogP contribution >= 0.6 is 0 Å². The Morgan fingerprint density at radius 3 is 2.71 bits per heavy atom. The molecule has 6 heteroatoms. The molecule has 1 aliphatic rings. The van der Waals surface area contributed by atoms with Gasteiger partial charge in [0.15, 0.2) is 0 Å². The molecule has 132 valence electrons. The van der Waals surface area contributed by atoms with Crippen molar-refractivity contribution in [2.45, 2.75) is 38.4 Å². The molecule has 3 atom stereocenters. The van der Waals surface area contributed by atoms with Gasteiger partial charge in [-0.15, -0.1) is 0 Å². The topological polar surface area (TPSA) is 90.7 Å². The van der Waals surface area contributed by atoms with Crippen molar-refractivity contribution in [3.05, 3.63) is 35.9 Å².